The fourth-order valence-corrected chi connectivity index (χ4v) is 1.62. The van der Waals surface area contributed by atoms with E-state index in [0.29, 0.717) is 0 Å². The third-order valence-electron chi connectivity index (χ3n) is 1.70. The second-order valence-electron chi connectivity index (χ2n) is 3.16. The van der Waals surface area contributed by atoms with Gasteiger partial charge in [0, 0.05) is 26.0 Å². The molecule has 1 aromatic rings. The highest BCUT2D eigenvalue weighted by molar-refractivity contribution is 7.63. The van der Waals surface area contributed by atoms with Crippen LogP contribution in [0.25, 0.3) is 0 Å². The first-order valence-corrected chi connectivity index (χ1v) is 6.15. The molecular weight excluding hydrogens is 167 g/mol. The Morgan fingerprint density at radius 2 is 2.00 bits per heavy atom. The first-order valence-electron chi connectivity index (χ1n) is 3.92. The average molecular weight is 182 g/mol. The van der Waals surface area contributed by atoms with Gasteiger partial charge < -0.3 is 4.90 Å². The number of aromatic nitrogens is 1. The van der Waals surface area contributed by atoms with Crippen LogP contribution < -0.4 is 10.3 Å². The zero-order chi connectivity index (χ0) is 9.14. The van der Waals surface area contributed by atoms with E-state index in [2.05, 4.69) is 29.3 Å². The Bertz CT molecular complexity index is 235. The summed E-state index contributed by atoms with van der Waals surface area (Å²) in [5, 5.41) is 0. The second-order valence-corrected chi connectivity index (χ2v) is 5.41. The fourth-order valence-electron chi connectivity index (χ4n) is 0.930. The Morgan fingerprint density at radius 3 is 2.50 bits per heavy atom. The van der Waals surface area contributed by atoms with Crippen LogP contribution in [0.4, 0.5) is 5.69 Å². The Balaban J connectivity index is 2.96. The number of hydrogen-bond donors (Lipinski definition) is 0. The maximum atomic E-state index is 4.32. The van der Waals surface area contributed by atoms with E-state index in [4.69, 9.17) is 0 Å². The predicted molar refractivity (Wildman–Crippen MR) is 57.0 cm³/mol. The minimum Gasteiger partial charge on any atom is -0.378 e. The van der Waals surface area contributed by atoms with Crippen LogP contribution in [0.15, 0.2) is 18.3 Å². The van der Waals surface area contributed by atoms with E-state index in [1.807, 2.05) is 26.4 Å². The van der Waals surface area contributed by atoms with Crippen LogP contribution in [0.2, 0.25) is 0 Å². The third kappa shape index (κ3) is 2.18. The molecule has 0 N–H and O–H groups in total. The molecule has 0 atom stereocenters. The molecule has 0 amide bonds. The number of pyridine rings is 1. The zero-order valence-electron chi connectivity index (χ0n) is 8.07. The average Bonchev–Trinajstić information content (AvgIpc) is 2.04. The van der Waals surface area contributed by atoms with Gasteiger partial charge in [0.1, 0.15) is 0 Å². The smallest absolute Gasteiger partial charge is 0.0646 e. The number of hydrogen-bond acceptors (Lipinski definition) is 2. The lowest BCUT2D eigenvalue weighted by molar-refractivity contribution is 1.13. The highest BCUT2D eigenvalue weighted by atomic mass is 31.1. The Hall–Kier alpha value is -0.620. The van der Waals surface area contributed by atoms with Gasteiger partial charge in [0.2, 0.25) is 0 Å². The van der Waals surface area contributed by atoms with Crippen LogP contribution in [0.3, 0.4) is 0 Å². The quantitative estimate of drug-likeness (QED) is 0.644. The van der Waals surface area contributed by atoms with Crippen LogP contribution in [0.1, 0.15) is 0 Å². The zero-order valence-corrected chi connectivity index (χ0v) is 8.97. The van der Waals surface area contributed by atoms with Crippen molar-refractivity contribution in [3.8, 4) is 0 Å². The molecule has 2 nitrogen and oxygen atoms in total. The molecule has 0 aliphatic rings. The predicted octanol–water partition coefficient (Wildman–Crippen LogP) is 1.51. The molecule has 12 heavy (non-hydrogen) atoms. The molecule has 0 aliphatic carbocycles. The van der Waals surface area contributed by atoms with Crippen molar-refractivity contribution in [3.63, 3.8) is 0 Å². The summed E-state index contributed by atoms with van der Waals surface area (Å²) in [6.07, 6.45) is 1.88. The molecule has 0 aliphatic heterocycles. The van der Waals surface area contributed by atoms with Crippen molar-refractivity contribution >= 4 is 19.0 Å². The van der Waals surface area contributed by atoms with Gasteiger partial charge in [0.25, 0.3) is 0 Å². The summed E-state index contributed by atoms with van der Waals surface area (Å²) < 4.78 is 0. The van der Waals surface area contributed by atoms with Crippen LogP contribution in [0, 0.1) is 0 Å². The van der Waals surface area contributed by atoms with Gasteiger partial charge >= 0.3 is 0 Å². The van der Waals surface area contributed by atoms with E-state index in [9.17, 15) is 0 Å². The molecule has 0 unspecified atom stereocenters. The van der Waals surface area contributed by atoms with Crippen molar-refractivity contribution in [2.24, 2.45) is 0 Å². The summed E-state index contributed by atoms with van der Waals surface area (Å²) in [5.74, 6) is 0. The van der Waals surface area contributed by atoms with Gasteiger partial charge in [-0.25, -0.2) is 0 Å². The summed E-state index contributed by atoms with van der Waals surface area (Å²) in [5.41, 5.74) is 2.45. The minimum atomic E-state index is -0.0743. The SMILES string of the molecule is CN(C)c1ccnc(P(C)C)c1. The molecule has 0 spiro atoms. The number of nitrogens with zero attached hydrogens (tertiary/aromatic N) is 2. The fraction of sp³-hybridized carbons (Fsp3) is 0.444. The normalized spacial score (nSPS) is 10.4. The molecule has 0 bridgehead atoms. The Kier molecular flexibility index (Phi) is 3.05. The first-order chi connectivity index (χ1) is 5.61. The van der Waals surface area contributed by atoms with E-state index in [1.165, 1.54) is 11.1 Å². The largest absolute Gasteiger partial charge is 0.378 e. The molecule has 1 rings (SSSR count). The first kappa shape index (κ1) is 9.47. The maximum absolute atomic E-state index is 4.32. The summed E-state index contributed by atoms with van der Waals surface area (Å²) in [7, 11) is 4.02. The van der Waals surface area contributed by atoms with Gasteiger partial charge in [-0.2, -0.15) is 0 Å². The molecule has 1 heterocycles. The lowest BCUT2D eigenvalue weighted by Crippen LogP contribution is -2.13. The monoisotopic (exact) mass is 182 g/mol. The molecule has 0 aromatic carbocycles. The lowest BCUT2D eigenvalue weighted by atomic mass is 10.4. The third-order valence-corrected chi connectivity index (χ3v) is 2.86. The van der Waals surface area contributed by atoms with Gasteiger partial charge in [-0.05, 0) is 25.5 Å². The molecule has 0 radical (unpaired) electrons. The van der Waals surface area contributed by atoms with E-state index in [0.717, 1.165) is 0 Å². The van der Waals surface area contributed by atoms with Crippen LogP contribution in [-0.2, 0) is 0 Å². The van der Waals surface area contributed by atoms with Gasteiger partial charge in [-0.1, -0.05) is 7.92 Å². The van der Waals surface area contributed by atoms with E-state index < -0.39 is 0 Å². The van der Waals surface area contributed by atoms with E-state index >= 15 is 0 Å². The van der Waals surface area contributed by atoms with E-state index in [-0.39, 0.29) is 7.92 Å². The van der Waals surface area contributed by atoms with Crippen LogP contribution in [-0.4, -0.2) is 32.4 Å². The summed E-state index contributed by atoms with van der Waals surface area (Å²) >= 11 is 0. The van der Waals surface area contributed by atoms with Crippen molar-refractivity contribution in [3.05, 3.63) is 18.3 Å². The maximum Gasteiger partial charge on any atom is 0.0646 e. The molecule has 3 heteroatoms. The van der Waals surface area contributed by atoms with Crippen molar-refractivity contribution in [2.75, 3.05) is 32.3 Å². The lowest BCUT2D eigenvalue weighted by Gasteiger charge is -2.14. The summed E-state index contributed by atoms with van der Waals surface area (Å²) in [6, 6.07) is 4.19. The van der Waals surface area contributed by atoms with Crippen LogP contribution in [0.5, 0.6) is 0 Å². The number of anilines is 1. The molecule has 66 valence electrons. The van der Waals surface area contributed by atoms with Crippen molar-refractivity contribution < 1.29 is 0 Å². The van der Waals surface area contributed by atoms with E-state index in [1.54, 1.807) is 0 Å². The van der Waals surface area contributed by atoms with Crippen molar-refractivity contribution in [1.29, 1.82) is 0 Å². The number of rotatable bonds is 2. The van der Waals surface area contributed by atoms with Gasteiger partial charge in [0.05, 0.1) is 5.44 Å². The van der Waals surface area contributed by atoms with Crippen molar-refractivity contribution in [2.45, 2.75) is 0 Å². The van der Waals surface area contributed by atoms with Gasteiger partial charge in [-0.3, -0.25) is 4.98 Å². The standard InChI is InChI=1S/C9H15N2P/c1-11(2)8-5-6-10-9(7-8)12(3)4/h5-7H,1-4H3. The highest BCUT2D eigenvalue weighted by Crippen LogP contribution is 2.23. The molecule has 0 saturated carbocycles. The second kappa shape index (κ2) is 3.86. The molecule has 0 saturated heterocycles. The van der Waals surface area contributed by atoms with Gasteiger partial charge in [0.15, 0.2) is 0 Å². The minimum absolute atomic E-state index is 0.0743. The van der Waals surface area contributed by atoms with Gasteiger partial charge in [-0.15, -0.1) is 0 Å². The molecular formula is C9H15N2P. The topological polar surface area (TPSA) is 16.1 Å². The highest BCUT2D eigenvalue weighted by Gasteiger charge is 2.01. The Morgan fingerprint density at radius 1 is 1.33 bits per heavy atom. The summed E-state index contributed by atoms with van der Waals surface area (Å²) in [4.78, 5) is 6.42. The molecule has 1 aromatic heterocycles. The summed E-state index contributed by atoms with van der Waals surface area (Å²) in [6.45, 7) is 4.44. The molecule has 0 fully saturated rings. The Labute approximate surface area is 75.4 Å². The van der Waals surface area contributed by atoms with Crippen LogP contribution >= 0.6 is 7.92 Å². The van der Waals surface area contributed by atoms with Crippen molar-refractivity contribution in [1.82, 2.24) is 4.98 Å².